The molecule has 0 aromatic heterocycles. The summed E-state index contributed by atoms with van der Waals surface area (Å²) in [4.78, 5) is 0.309. The highest BCUT2D eigenvalue weighted by molar-refractivity contribution is 7.90. The first-order chi connectivity index (χ1) is 8.46. The molecule has 104 valence electrons. The van der Waals surface area contributed by atoms with Gasteiger partial charge in [0.25, 0.3) is 0 Å². The molecule has 0 aliphatic heterocycles. The van der Waals surface area contributed by atoms with E-state index in [0.717, 1.165) is 57.8 Å². The van der Waals surface area contributed by atoms with E-state index in [1.165, 1.54) is 0 Å². The molecule has 18 heavy (non-hydrogen) atoms. The number of thiocarbonyl (C=S) groups is 1. The lowest BCUT2D eigenvalue weighted by Crippen LogP contribution is -2.59. The molecule has 0 spiro atoms. The third kappa shape index (κ3) is 2.86. The fraction of sp³-hybridized carbons (Fsp3) is 0.917. The number of hydrogen-bond donors (Lipinski definition) is 2. The van der Waals surface area contributed by atoms with Gasteiger partial charge in [-0.2, -0.15) is 0 Å². The van der Waals surface area contributed by atoms with E-state index >= 15 is 0 Å². The molecule has 0 saturated heterocycles. The van der Waals surface area contributed by atoms with Crippen LogP contribution in [0.2, 0.25) is 0 Å². The first kappa shape index (κ1) is 14.2. The van der Waals surface area contributed by atoms with Crippen molar-refractivity contribution < 1.29 is 8.42 Å². The Balaban J connectivity index is 2.15. The molecule has 0 bridgehead atoms. The molecule has 6 heteroatoms. The fourth-order valence-electron chi connectivity index (χ4n) is 3.11. The molecule has 0 aromatic carbocycles. The Hall–Kier alpha value is -0.200. The van der Waals surface area contributed by atoms with Gasteiger partial charge in [-0.3, -0.25) is 0 Å². The smallest absolute Gasteiger partial charge is 0.215 e. The van der Waals surface area contributed by atoms with Gasteiger partial charge in [0.15, 0.2) is 0 Å². The molecule has 2 rings (SSSR count). The van der Waals surface area contributed by atoms with Crippen LogP contribution >= 0.6 is 12.2 Å². The predicted octanol–water partition coefficient (Wildman–Crippen LogP) is 1.84. The Morgan fingerprint density at radius 2 is 1.67 bits per heavy atom. The Morgan fingerprint density at radius 3 is 2.17 bits per heavy atom. The van der Waals surface area contributed by atoms with Crippen LogP contribution in [0.25, 0.3) is 0 Å². The van der Waals surface area contributed by atoms with E-state index in [0.29, 0.717) is 4.99 Å². The van der Waals surface area contributed by atoms with Crippen LogP contribution in [-0.4, -0.2) is 24.2 Å². The van der Waals surface area contributed by atoms with E-state index in [9.17, 15) is 8.42 Å². The Labute approximate surface area is 115 Å². The molecule has 0 radical (unpaired) electrons. The molecular formula is C12H22N2O2S2. The van der Waals surface area contributed by atoms with Gasteiger partial charge in [-0.1, -0.05) is 44.3 Å². The number of rotatable bonds is 4. The van der Waals surface area contributed by atoms with E-state index < -0.39 is 15.6 Å². The topological polar surface area (TPSA) is 72.2 Å². The maximum absolute atomic E-state index is 12.4. The number of nitrogens with two attached hydrogens (primary N) is 1. The van der Waals surface area contributed by atoms with Crippen LogP contribution in [0.3, 0.4) is 0 Å². The highest BCUT2D eigenvalue weighted by Gasteiger charge is 2.41. The normalized spacial score (nSPS) is 25.1. The van der Waals surface area contributed by atoms with Crippen LogP contribution < -0.4 is 10.5 Å². The fourth-order valence-corrected chi connectivity index (χ4v) is 5.41. The average Bonchev–Trinajstić information content (AvgIpc) is 2.83. The van der Waals surface area contributed by atoms with Gasteiger partial charge in [0.05, 0.1) is 15.8 Å². The van der Waals surface area contributed by atoms with E-state index in [1.54, 1.807) is 0 Å². The molecule has 3 N–H and O–H groups in total. The first-order valence-corrected chi connectivity index (χ1v) is 8.74. The van der Waals surface area contributed by atoms with Gasteiger partial charge in [0.1, 0.15) is 0 Å². The maximum Gasteiger partial charge on any atom is 0.215 e. The summed E-state index contributed by atoms with van der Waals surface area (Å²) in [5.41, 5.74) is 5.15. The summed E-state index contributed by atoms with van der Waals surface area (Å²) in [6.07, 6.45) is 8.15. The minimum Gasteiger partial charge on any atom is -0.392 e. The van der Waals surface area contributed by atoms with Gasteiger partial charge in [-0.25, -0.2) is 13.1 Å². The predicted molar refractivity (Wildman–Crippen MR) is 76.9 cm³/mol. The van der Waals surface area contributed by atoms with E-state index in [2.05, 4.69) is 4.72 Å². The van der Waals surface area contributed by atoms with Crippen LogP contribution in [-0.2, 0) is 10.0 Å². The molecule has 0 amide bonds. The van der Waals surface area contributed by atoms with Gasteiger partial charge in [-0.05, 0) is 25.7 Å². The van der Waals surface area contributed by atoms with Crippen molar-refractivity contribution in [2.75, 3.05) is 0 Å². The molecule has 0 atom stereocenters. The highest BCUT2D eigenvalue weighted by Crippen LogP contribution is 2.32. The molecule has 0 unspecified atom stereocenters. The standard InChI is InChI=1S/C12H22N2O2S2/c13-11(17)12(8-4-1-5-9-12)14-18(15,16)10-6-2-3-7-10/h10,14H,1-9H2,(H2,13,17). The lowest BCUT2D eigenvalue weighted by atomic mass is 9.82. The van der Waals surface area contributed by atoms with Crippen molar-refractivity contribution in [3.05, 3.63) is 0 Å². The lowest BCUT2D eigenvalue weighted by Gasteiger charge is -2.37. The Morgan fingerprint density at radius 1 is 1.11 bits per heavy atom. The molecular weight excluding hydrogens is 268 g/mol. The minimum absolute atomic E-state index is 0.245. The summed E-state index contributed by atoms with van der Waals surface area (Å²) < 4.78 is 27.6. The number of hydrogen-bond acceptors (Lipinski definition) is 3. The van der Waals surface area contributed by atoms with Crippen molar-refractivity contribution in [2.24, 2.45) is 5.73 Å². The zero-order chi connectivity index (χ0) is 13.2. The zero-order valence-electron chi connectivity index (χ0n) is 10.7. The summed E-state index contributed by atoms with van der Waals surface area (Å²) in [7, 11) is -3.28. The molecule has 2 aliphatic rings. The van der Waals surface area contributed by atoms with Crippen LogP contribution in [0.4, 0.5) is 0 Å². The highest BCUT2D eigenvalue weighted by atomic mass is 32.2. The molecule has 0 heterocycles. The third-order valence-electron chi connectivity index (χ3n) is 4.26. The van der Waals surface area contributed by atoms with E-state index in [1.807, 2.05) is 0 Å². The summed E-state index contributed by atoms with van der Waals surface area (Å²) in [6.45, 7) is 0. The Bertz CT molecular complexity index is 408. The molecule has 2 aliphatic carbocycles. The van der Waals surface area contributed by atoms with Crippen LogP contribution in [0, 0.1) is 0 Å². The number of sulfonamides is 1. The minimum atomic E-state index is -3.28. The van der Waals surface area contributed by atoms with Gasteiger partial charge < -0.3 is 5.73 Å². The number of nitrogens with one attached hydrogen (secondary N) is 1. The SMILES string of the molecule is NC(=S)C1(NS(=O)(=O)C2CCCC2)CCCCC1. The van der Waals surface area contributed by atoms with Crippen molar-refractivity contribution in [2.45, 2.75) is 68.6 Å². The van der Waals surface area contributed by atoms with Crippen LogP contribution in [0.15, 0.2) is 0 Å². The molecule has 2 fully saturated rings. The van der Waals surface area contributed by atoms with E-state index in [-0.39, 0.29) is 5.25 Å². The third-order valence-corrected chi connectivity index (χ3v) is 6.67. The summed E-state index contributed by atoms with van der Waals surface area (Å²) in [5, 5.41) is -0.245. The van der Waals surface area contributed by atoms with Gasteiger partial charge in [0, 0.05) is 0 Å². The largest absolute Gasteiger partial charge is 0.392 e. The Kier molecular flexibility index (Phi) is 4.29. The van der Waals surface area contributed by atoms with E-state index in [4.69, 9.17) is 18.0 Å². The molecule has 2 saturated carbocycles. The molecule has 0 aromatic rings. The first-order valence-electron chi connectivity index (χ1n) is 6.79. The van der Waals surface area contributed by atoms with Crippen molar-refractivity contribution in [1.82, 2.24) is 4.72 Å². The van der Waals surface area contributed by atoms with Gasteiger partial charge in [-0.15, -0.1) is 0 Å². The summed E-state index contributed by atoms with van der Waals surface area (Å²) in [6, 6.07) is 0. The summed E-state index contributed by atoms with van der Waals surface area (Å²) >= 11 is 5.12. The van der Waals surface area contributed by atoms with Crippen molar-refractivity contribution in [3.8, 4) is 0 Å². The van der Waals surface area contributed by atoms with Gasteiger partial charge in [0.2, 0.25) is 10.0 Å². The summed E-state index contributed by atoms with van der Waals surface area (Å²) in [5.74, 6) is 0. The second kappa shape index (κ2) is 5.43. The van der Waals surface area contributed by atoms with Gasteiger partial charge >= 0.3 is 0 Å². The van der Waals surface area contributed by atoms with Crippen LogP contribution in [0.1, 0.15) is 57.8 Å². The van der Waals surface area contributed by atoms with Crippen molar-refractivity contribution >= 4 is 27.2 Å². The monoisotopic (exact) mass is 290 g/mol. The second-order valence-corrected chi connectivity index (χ2v) is 7.96. The van der Waals surface area contributed by atoms with Crippen molar-refractivity contribution in [1.29, 1.82) is 0 Å². The molecule has 4 nitrogen and oxygen atoms in total. The van der Waals surface area contributed by atoms with Crippen molar-refractivity contribution in [3.63, 3.8) is 0 Å². The second-order valence-electron chi connectivity index (χ2n) is 5.56. The quantitative estimate of drug-likeness (QED) is 0.775. The average molecular weight is 290 g/mol. The maximum atomic E-state index is 12.4. The lowest BCUT2D eigenvalue weighted by molar-refractivity contribution is 0.351. The van der Waals surface area contributed by atoms with Crippen LogP contribution in [0.5, 0.6) is 0 Å². The zero-order valence-corrected chi connectivity index (χ0v) is 12.3.